The highest BCUT2D eigenvalue weighted by Gasteiger charge is 2.64. The first kappa shape index (κ1) is 26.9. The lowest BCUT2D eigenvalue weighted by Gasteiger charge is -2.34. The van der Waals surface area contributed by atoms with Crippen molar-refractivity contribution in [2.75, 3.05) is 56.9 Å². The first-order valence-electron chi connectivity index (χ1n) is 13.6. The number of carbonyl (C=O) groups is 2. The molecule has 7 nitrogen and oxygen atoms in total. The topological polar surface area (TPSA) is 67.9 Å². The highest BCUT2D eigenvalue weighted by Crippen LogP contribution is 2.65. The standard InChI is InChI=1S/C29H37ClFN5O2/c1-20(37)32-22-6-3-5-21(17-22)29-10-9-27(24(29)19-29)36(12-4-11-35-15-13-34(2)14-16-35)28(38)33-23-7-8-26(31)25(30)18-23/h3,5-8,17-18,24,27H,4,9-16,19H2,1-2H3,(H,32,37)(H,33,38)/t24-,27-,29?/m1/s1. The molecule has 3 aliphatic rings. The number of anilines is 2. The van der Waals surface area contributed by atoms with Gasteiger partial charge in [0, 0.05) is 62.5 Å². The maximum atomic E-state index is 13.7. The molecule has 2 aromatic rings. The minimum atomic E-state index is -0.506. The third-order valence-electron chi connectivity index (χ3n) is 8.54. The van der Waals surface area contributed by atoms with Gasteiger partial charge in [-0.15, -0.1) is 0 Å². The van der Waals surface area contributed by atoms with Gasteiger partial charge < -0.3 is 25.3 Å². The Balaban J connectivity index is 1.30. The Morgan fingerprint density at radius 1 is 1.11 bits per heavy atom. The van der Waals surface area contributed by atoms with Gasteiger partial charge >= 0.3 is 6.03 Å². The second-order valence-electron chi connectivity index (χ2n) is 11.1. The van der Waals surface area contributed by atoms with Gasteiger partial charge in [-0.05, 0) is 81.1 Å². The molecule has 38 heavy (non-hydrogen) atoms. The molecule has 9 heteroatoms. The van der Waals surface area contributed by atoms with Gasteiger partial charge in [0.15, 0.2) is 0 Å². The van der Waals surface area contributed by atoms with E-state index >= 15 is 0 Å². The molecular formula is C29H37ClFN5O2. The Morgan fingerprint density at radius 3 is 2.58 bits per heavy atom. The number of carbonyl (C=O) groups excluding carboxylic acids is 2. The maximum Gasteiger partial charge on any atom is 0.322 e. The summed E-state index contributed by atoms with van der Waals surface area (Å²) < 4.78 is 13.7. The Bertz CT molecular complexity index is 1190. The molecule has 0 aromatic heterocycles. The Hall–Kier alpha value is -2.68. The van der Waals surface area contributed by atoms with Crippen LogP contribution < -0.4 is 10.6 Å². The van der Waals surface area contributed by atoms with Gasteiger partial charge in [-0.25, -0.2) is 9.18 Å². The monoisotopic (exact) mass is 541 g/mol. The van der Waals surface area contributed by atoms with E-state index in [0.717, 1.165) is 64.1 Å². The molecule has 0 bridgehead atoms. The van der Waals surface area contributed by atoms with Crippen LogP contribution in [0.15, 0.2) is 42.5 Å². The third kappa shape index (κ3) is 5.82. The largest absolute Gasteiger partial charge is 0.326 e. The van der Waals surface area contributed by atoms with Crippen LogP contribution in [0.25, 0.3) is 0 Å². The molecule has 0 radical (unpaired) electrons. The molecule has 3 amide bonds. The second-order valence-corrected chi connectivity index (χ2v) is 11.5. The van der Waals surface area contributed by atoms with Crippen molar-refractivity contribution >= 4 is 34.9 Å². The molecule has 5 rings (SSSR count). The molecule has 3 atom stereocenters. The lowest BCUT2D eigenvalue weighted by atomic mass is 9.93. The van der Waals surface area contributed by atoms with Gasteiger partial charge in [-0.1, -0.05) is 23.7 Å². The van der Waals surface area contributed by atoms with Crippen molar-refractivity contribution in [3.05, 3.63) is 58.9 Å². The minimum absolute atomic E-state index is 0.00875. The minimum Gasteiger partial charge on any atom is -0.326 e. The van der Waals surface area contributed by atoms with Gasteiger partial charge in [0.2, 0.25) is 5.91 Å². The average molecular weight is 542 g/mol. The van der Waals surface area contributed by atoms with E-state index in [0.29, 0.717) is 18.2 Å². The van der Waals surface area contributed by atoms with Crippen molar-refractivity contribution in [2.45, 2.75) is 44.1 Å². The fourth-order valence-electron chi connectivity index (χ4n) is 6.41. The summed E-state index contributed by atoms with van der Waals surface area (Å²) in [5, 5.41) is 5.86. The molecule has 1 unspecified atom stereocenters. The van der Waals surface area contributed by atoms with E-state index in [9.17, 15) is 14.0 Å². The summed E-state index contributed by atoms with van der Waals surface area (Å²) in [6, 6.07) is 12.4. The number of rotatable bonds is 8. The van der Waals surface area contributed by atoms with Gasteiger partial charge in [-0.2, -0.15) is 0 Å². The first-order valence-corrected chi connectivity index (χ1v) is 13.9. The van der Waals surface area contributed by atoms with Crippen LogP contribution in [0.5, 0.6) is 0 Å². The average Bonchev–Trinajstić information content (AvgIpc) is 3.51. The van der Waals surface area contributed by atoms with E-state index in [1.807, 2.05) is 17.0 Å². The number of nitrogens with zero attached hydrogens (tertiary/aromatic N) is 3. The quantitative estimate of drug-likeness (QED) is 0.492. The normalized spacial score (nSPS) is 25.1. The van der Waals surface area contributed by atoms with Gasteiger partial charge in [0.05, 0.1) is 5.02 Å². The van der Waals surface area contributed by atoms with Crippen LogP contribution in [-0.4, -0.2) is 79.0 Å². The van der Waals surface area contributed by atoms with E-state index in [1.54, 1.807) is 6.07 Å². The molecule has 0 spiro atoms. The summed E-state index contributed by atoms with van der Waals surface area (Å²) in [6.07, 6.45) is 3.87. The van der Waals surface area contributed by atoms with Gasteiger partial charge in [0.25, 0.3) is 0 Å². The highest BCUT2D eigenvalue weighted by atomic mass is 35.5. The Labute approximate surface area is 229 Å². The zero-order valence-electron chi connectivity index (χ0n) is 22.2. The van der Waals surface area contributed by atoms with Crippen LogP contribution in [0.1, 0.15) is 38.2 Å². The van der Waals surface area contributed by atoms with E-state index in [2.05, 4.69) is 39.6 Å². The summed E-state index contributed by atoms with van der Waals surface area (Å²) in [7, 11) is 2.15. The molecule has 2 N–H and O–H groups in total. The number of urea groups is 1. The predicted octanol–water partition coefficient (Wildman–Crippen LogP) is 5.03. The zero-order valence-corrected chi connectivity index (χ0v) is 22.9. The van der Waals surface area contributed by atoms with Crippen LogP contribution in [0, 0.1) is 11.7 Å². The van der Waals surface area contributed by atoms with E-state index < -0.39 is 5.82 Å². The van der Waals surface area contributed by atoms with Crippen molar-refractivity contribution in [2.24, 2.45) is 5.92 Å². The molecule has 2 aliphatic carbocycles. The van der Waals surface area contributed by atoms with Crippen LogP contribution in [-0.2, 0) is 10.2 Å². The SMILES string of the molecule is CC(=O)Nc1cccc(C23CC[C@@H](N(CCCN4CCN(C)CC4)C(=O)Nc4ccc(F)c(Cl)c4)[C@H]2C3)c1. The lowest BCUT2D eigenvalue weighted by Crippen LogP contribution is -2.47. The molecule has 1 saturated heterocycles. The van der Waals surface area contributed by atoms with Crippen LogP contribution in [0.3, 0.4) is 0 Å². The third-order valence-corrected chi connectivity index (χ3v) is 8.83. The molecule has 2 saturated carbocycles. The molecule has 204 valence electrons. The van der Waals surface area contributed by atoms with Crippen molar-refractivity contribution in [3.63, 3.8) is 0 Å². The van der Waals surface area contributed by atoms with Crippen molar-refractivity contribution in [1.29, 1.82) is 0 Å². The summed E-state index contributed by atoms with van der Waals surface area (Å²) in [4.78, 5) is 32.0. The number of fused-ring (bicyclic) bond motifs is 1. The van der Waals surface area contributed by atoms with Crippen LogP contribution >= 0.6 is 11.6 Å². The fourth-order valence-corrected chi connectivity index (χ4v) is 6.59. The van der Waals surface area contributed by atoms with E-state index in [4.69, 9.17) is 11.6 Å². The summed E-state index contributed by atoms with van der Waals surface area (Å²) >= 11 is 5.97. The number of nitrogens with one attached hydrogen (secondary N) is 2. The molecule has 3 fully saturated rings. The van der Waals surface area contributed by atoms with Gasteiger partial charge in [-0.3, -0.25) is 4.79 Å². The smallest absolute Gasteiger partial charge is 0.322 e. The summed E-state index contributed by atoms with van der Waals surface area (Å²) in [5.41, 5.74) is 2.59. The van der Waals surface area contributed by atoms with Crippen molar-refractivity contribution in [1.82, 2.24) is 14.7 Å². The highest BCUT2D eigenvalue weighted by molar-refractivity contribution is 6.31. The molecular weight excluding hydrogens is 505 g/mol. The Morgan fingerprint density at radius 2 is 1.87 bits per heavy atom. The molecule has 1 heterocycles. The van der Waals surface area contributed by atoms with E-state index in [-0.39, 0.29) is 28.4 Å². The number of piperazine rings is 1. The zero-order chi connectivity index (χ0) is 26.9. The maximum absolute atomic E-state index is 13.7. The van der Waals surface area contributed by atoms with Crippen molar-refractivity contribution in [3.8, 4) is 0 Å². The van der Waals surface area contributed by atoms with Crippen molar-refractivity contribution < 1.29 is 14.0 Å². The number of benzene rings is 2. The van der Waals surface area contributed by atoms with Crippen LogP contribution in [0.2, 0.25) is 5.02 Å². The number of hydrogen-bond donors (Lipinski definition) is 2. The molecule has 1 aliphatic heterocycles. The summed E-state index contributed by atoms with van der Waals surface area (Å²) in [5.74, 6) is -0.213. The number of hydrogen-bond acceptors (Lipinski definition) is 4. The van der Waals surface area contributed by atoms with Gasteiger partial charge in [0.1, 0.15) is 5.82 Å². The lowest BCUT2D eigenvalue weighted by molar-refractivity contribution is -0.114. The number of amides is 3. The Kier molecular flexibility index (Phi) is 7.93. The van der Waals surface area contributed by atoms with Crippen LogP contribution in [0.4, 0.5) is 20.6 Å². The summed E-state index contributed by atoms with van der Waals surface area (Å²) in [6.45, 7) is 7.38. The number of likely N-dealkylation sites (N-methyl/N-ethyl adjacent to an activating group) is 1. The molecule has 2 aromatic carbocycles. The fraction of sp³-hybridized carbons (Fsp3) is 0.517. The predicted molar refractivity (Wildman–Crippen MR) is 149 cm³/mol. The second kappa shape index (κ2) is 11.2. The van der Waals surface area contributed by atoms with E-state index in [1.165, 1.54) is 24.6 Å². The number of halogens is 2. The first-order chi connectivity index (χ1) is 18.2.